The third-order valence-corrected chi connectivity index (χ3v) is 7.51. The van der Waals surface area contributed by atoms with Crippen molar-refractivity contribution in [1.29, 1.82) is 0 Å². The second-order valence-electron chi connectivity index (χ2n) is 8.59. The Hall–Kier alpha value is -1.86. The van der Waals surface area contributed by atoms with Gasteiger partial charge in [-0.3, -0.25) is 9.78 Å². The number of piperidine rings is 1. The third kappa shape index (κ3) is 6.58. The highest BCUT2D eigenvalue weighted by atomic mass is 32.2. The number of rotatable bonds is 12. The topological polar surface area (TPSA) is 62.7 Å². The van der Waals surface area contributed by atoms with Crippen LogP contribution in [0.5, 0.6) is 5.75 Å². The number of thioether (sulfide) groups is 1. The Morgan fingerprint density at radius 1 is 1.38 bits per heavy atom. The third-order valence-electron chi connectivity index (χ3n) is 6.46. The zero-order chi connectivity index (χ0) is 22.9. The second-order valence-corrected chi connectivity index (χ2v) is 9.81. The van der Waals surface area contributed by atoms with E-state index in [0.717, 1.165) is 36.2 Å². The Morgan fingerprint density at radius 3 is 2.97 bits per heavy atom. The van der Waals surface area contributed by atoms with Gasteiger partial charge in [0.25, 0.3) is 0 Å². The summed E-state index contributed by atoms with van der Waals surface area (Å²) in [5, 5.41) is 10.6. The fraction of sp³-hybridized carbons (Fsp3) is 0.600. The highest BCUT2D eigenvalue weighted by Crippen LogP contribution is 2.35. The van der Waals surface area contributed by atoms with Crippen LogP contribution in [0.3, 0.4) is 0 Å². The number of fused-ring (bicyclic) bond motifs is 1. The number of ether oxygens (including phenoxy) is 1. The van der Waals surface area contributed by atoms with Gasteiger partial charge in [0.2, 0.25) is 0 Å². The Balaban J connectivity index is 1.58. The van der Waals surface area contributed by atoms with Crippen LogP contribution in [0, 0.1) is 11.8 Å². The number of carbonyl (C=O) groups is 1. The molecular weight excluding hydrogens is 427 g/mol. The molecule has 1 saturated heterocycles. The minimum atomic E-state index is -1.16. The molecule has 0 saturated carbocycles. The lowest BCUT2D eigenvalue weighted by atomic mass is 9.81. The van der Waals surface area contributed by atoms with Crippen LogP contribution in [0.1, 0.15) is 50.8 Å². The van der Waals surface area contributed by atoms with Gasteiger partial charge in [-0.15, -0.1) is 0 Å². The summed E-state index contributed by atoms with van der Waals surface area (Å²) in [5.74, 6) is 1.71. The van der Waals surface area contributed by atoms with Gasteiger partial charge in [0.1, 0.15) is 11.9 Å². The van der Waals surface area contributed by atoms with Gasteiger partial charge >= 0.3 is 5.97 Å². The lowest BCUT2D eigenvalue weighted by Crippen LogP contribution is -2.44. The first-order valence-corrected chi connectivity index (χ1v) is 12.8. The van der Waals surface area contributed by atoms with Crippen LogP contribution in [-0.4, -0.2) is 59.2 Å². The number of aliphatic carboxylic acids is 1. The van der Waals surface area contributed by atoms with Gasteiger partial charge in [-0.25, -0.2) is 4.39 Å². The van der Waals surface area contributed by atoms with E-state index < -0.39 is 18.1 Å². The highest BCUT2D eigenvalue weighted by molar-refractivity contribution is 7.99. The van der Waals surface area contributed by atoms with E-state index in [9.17, 15) is 9.90 Å². The zero-order valence-electron chi connectivity index (χ0n) is 19.1. The highest BCUT2D eigenvalue weighted by Gasteiger charge is 2.34. The number of benzene rings is 1. The molecular formula is C25H35FN2O3S. The van der Waals surface area contributed by atoms with Crippen LogP contribution >= 0.6 is 11.8 Å². The molecule has 0 aliphatic carbocycles. The number of carboxylic acid groups (broad SMARTS) is 1. The first kappa shape index (κ1) is 24.8. The molecule has 3 rings (SSSR count). The SMILES string of the molecule is CCCCSCCN1CC[C@@H](CC[C@@H](F)c2ccnc3ccc(OC)cc23)[C@@H](C(=O)O)C1. The molecule has 2 aromatic rings. The van der Waals surface area contributed by atoms with Gasteiger partial charge in [-0.05, 0) is 73.7 Å². The van der Waals surface area contributed by atoms with Gasteiger partial charge in [0, 0.05) is 30.4 Å². The minimum Gasteiger partial charge on any atom is -0.497 e. The van der Waals surface area contributed by atoms with Crippen molar-refractivity contribution in [2.24, 2.45) is 11.8 Å². The molecule has 1 aromatic carbocycles. The number of halogens is 1. The Morgan fingerprint density at radius 2 is 2.22 bits per heavy atom. The maximum absolute atomic E-state index is 15.3. The van der Waals surface area contributed by atoms with E-state index in [1.165, 1.54) is 18.6 Å². The van der Waals surface area contributed by atoms with Crippen LogP contribution in [0.2, 0.25) is 0 Å². The van der Waals surface area contributed by atoms with Crippen LogP contribution in [0.15, 0.2) is 30.5 Å². The number of hydrogen-bond acceptors (Lipinski definition) is 5. The van der Waals surface area contributed by atoms with E-state index in [2.05, 4.69) is 16.8 Å². The number of alkyl halides is 1. The van der Waals surface area contributed by atoms with E-state index in [1.807, 2.05) is 30.0 Å². The summed E-state index contributed by atoms with van der Waals surface area (Å²) in [7, 11) is 1.59. The molecule has 2 heterocycles. The molecule has 7 heteroatoms. The van der Waals surface area contributed by atoms with E-state index in [-0.39, 0.29) is 5.92 Å². The summed E-state index contributed by atoms with van der Waals surface area (Å²) >= 11 is 1.94. The average molecular weight is 463 g/mol. The fourth-order valence-electron chi connectivity index (χ4n) is 4.50. The molecule has 3 atom stereocenters. The summed E-state index contributed by atoms with van der Waals surface area (Å²) in [6.07, 6.45) is 4.62. The quantitative estimate of drug-likeness (QED) is 0.415. The summed E-state index contributed by atoms with van der Waals surface area (Å²) in [6.45, 7) is 4.59. The van der Waals surface area contributed by atoms with Gasteiger partial charge in [-0.2, -0.15) is 11.8 Å². The monoisotopic (exact) mass is 462 g/mol. The maximum atomic E-state index is 15.3. The number of carboxylic acids is 1. The molecule has 0 spiro atoms. The lowest BCUT2D eigenvalue weighted by Gasteiger charge is -2.36. The molecule has 32 heavy (non-hydrogen) atoms. The van der Waals surface area contributed by atoms with E-state index >= 15 is 4.39 Å². The molecule has 1 aliphatic rings. The van der Waals surface area contributed by atoms with E-state index in [1.54, 1.807) is 19.4 Å². The molecule has 1 N–H and O–H groups in total. The van der Waals surface area contributed by atoms with E-state index in [4.69, 9.17) is 4.74 Å². The van der Waals surface area contributed by atoms with Crippen LogP contribution in [0.25, 0.3) is 10.9 Å². The summed E-state index contributed by atoms with van der Waals surface area (Å²) < 4.78 is 20.6. The van der Waals surface area contributed by atoms with Gasteiger partial charge in [0.05, 0.1) is 18.5 Å². The molecule has 0 unspecified atom stereocenters. The van der Waals surface area contributed by atoms with Crippen molar-refractivity contribution in [2.45, 2.75) is 45.2 Å². The van der Waals surface area contributed by atoms with Crippen molar-refractivity contribution < 1.29 is 19.0 Å². The number of nitrogens with zero attached hydrogens (tertiary/aromatic N) is 2. The Kier molecular flexibility index (Phi) is 9.60. The fourth-order valence-corrected chi connectivity index (χ4v) is 5.59. The molecule has 176 valence electrons. The smallest absolute Gasteiger partial charge is 0.308 e. The largest absolute Gasteiger partial charge is 0.497 e. The summed E-state index contributed by atoms with van der Waals surface area (Å²) in [4.78, 5) is 18.5. The normalized spacial score (nSPS) is 20.3. The Labute approximate surface area is 194 Å². The number of aromatic nitrogens is 1. The number of pyridine rings is 1. The molecule has 0 radical (unpaired) electrons. The minimum absolute atomic E-state index is 0.0115. The Bertz CT molecular complexity index is 881. The molecule has 5 nitrogen and oxygen atoms in total. The van der Waals surface area contributed by atoms with Crippen molar-refractivity contribution in [3.63, 3.8) is 0 Å². The zero-order valence-corrected chi connectivity index (χ0v) is 20.0. The molecule has 0 bridgehead atoms. The first-order chi connectivity index (χ1) is 15.5. The van der Waals surface area contributed by atoms with Crippen molar-refractivity contribution in [3.8, 4) is 5.75 Å². The van der Waals surface area contributed by atoms with Crippen LogP contribution in [0.4, 0.5) is 4.39 Å². The molecule has 1 aliphatic heterocycles. The number of methoxy groups -OCH3 is 1. The van der Waals surface area contributed by atoms with Gasteiger partial charge in [0.15, 0.2) is 0 Å². The first-order valence-electron chi connectivity index (χ1n) is 11.6. The standard InChI is InChI=1S/C25H35FN2O3S/c1-3-4-14-32-15-13-28-12-10-18(22(17-28)25(29)30)5-7-23(26)20-9-11-27-24-8-6-19(31-2)16-21(20)24/h6,8-9,11,16,18,22-23H,3-5,7,10,12-15,17H2,1-2H3,(H,29,30)/t18-,22+,23-/m1/s1. The number of likely N-dealkylation sites (tertiary alicyclic amines) is 1. The number of unbranched alkanes of at least 4 members (excludes halogenated alkanes) is 1. The van der Waals surface area contributed by atoms with Crippen molar-refractivity contribution in [3.05, 3.63) is 36.0 Å². The van der Waals surface area contributed by atoms with Crippen molar-refractivity contribution >= 4 is 28.6 Å². The van der Waals surface area contributed by atoms with E-state index in [0.29, 0.717) is 30.7 Å². The van der Waals surface area contributed by atoms with Crippen LogP contribution < -0.4 is 4.74 Å². The average Bonchev–Trinajstić information content (AvgIpc) is 2.81. The van der Waals surface area contributed by atoms with Crippen molar-refractivity contribution in [1.82, 2.24) is 9.88 Å². The lowest BCUT2D eigenvalue weighted by molar-refractivity contribution is -0.146. The summed E-state index contributed by atoms with van der Waals surface area (Å²) in [5.41, 5.74) is 1.33. The second kappa shape index (κ2) is 12.4. The molecule has 1 fully saturated rings. The van der Waals surface area contributed by atoms with Crippen molar-refractivity contribution in [2.75, 3.05) is 38.2 Å². The van der Waals surface area contributed by atoms with Crippen LogP contribution in [-0.2, 0) is 4.79 Å². The molecule has 0 amide bonds. The predicted octanol–water partition coefficient (Wildman–Crippen LogP) is 5.59. The maximum Gasteiger partial charge on any atom is 0.308 e. The van der Waals surface area contributed by atoms with Gasteiger partial charge in [-0.1, -0.05) is 13.3 Å². The summed E-state index contributed by atoms with van der Waals surface area (Å²) in [6, 6.07) is 7.20. The van der Waals surface area contributed by atoms with Gasteiger partial charge < -0.3 is 14.7 Å². The molecule has 1 aromatic heterocycles. The number of hydrogen-bond donors (Lipinski definition) is 1. The predicted molar refractivity (Wildman–Crippen MR) is 129 cm³/mol.